The molecule has 0 atom stereocenters. The van der Waals surface area contributed by atoms with Crippen molar-refractivity contribution in [3.05, 3.63) is 28.8 Å². The normalized spacial score (nSPS) is 19.2. The number of nitrogens with zero attached hydrogens (tertiary/aromatic N) is 2. The van der Waals surface area contributed by atoms with E-state index in [1.165, 1.54) is 11.8 Å². The maximum absolute atomic E-state index is 12.7. The Hall–Kier alpha value is -1.63. The number of hydrogen-bond donors (Lipinski definition) is 0. The number of aryl methyl sites for hydroxylation is 1. The minimum absolute atomic E-state index is 0.0204. The molecule has 0 bridgehead atoms. The summed E-state index contributed by atoms with van der Waals surface area (Å²) in [5, 5.41) is 0.606. The third-order valence-corrected chi connectivity index (χ3v) is 5.05. The number of anilines is 1. The van der Waals surface area contributed by atoms with Gasteiger partial charge in [-0.3, -0.25) is 9.59 Å². The molecule has 2 fully saturated rings. The zero-order valence-electron chi connectivity index (χ0n) is 14.6. The summed E-state index contributed by atoms with van der Waals surface area (Å²) in [4.78, 5) is 28.1. The Labute approximate surface area is 152 Å². The van der Waals surface area contributed by atoms with E-state index in [-0.39, 0.29) is 18.4 Å². The number of hydrogen-bond acceptors (Lipinski definition) is 4. The molecule has 2 amide bonds. The average molecular weight is 367 g/mol. The number of carbonyl (C=O) groups excluding carboxylic acids is 2. The van der Waals surface area contributed by atoms with Gasteiger partial charge in [0.2, 0.25) is 11.8 Å². The summed E-state index contributed by atoms with van der Waals surface area (Å²) in [5.74, 6) is -0.754. The average Bonchev–Trinajstić information content (AvgIpc) is 3.01. The summed E-state index contributed by atoms with van der Waals surface area (Å²) in [6.07, 6.45) is 1.33. The lowest BCUT2D eigenvalue weighted by Crippen LogP contribution is -2.50. The second-order valence-electron chi connectivity index (χ2n) is 6.52. The summed E-state index contributed by atoms with van der Waals surface area (Å²) >= 11 is 5.99. The molecule has 0 unspecified atom stereocenters. The highest BCUT2D eigenvalue weighted by Crippen LogP contribution is 2.31. The summed E-state index contributed by atoms with van der Waals surface area (Å²) in [5.41, 5.74) is 1.57. The van der Waals surface area contributed by atoms with Gasteiger partial charge in [-0.15, -0.1) is 0 Å². The van der Waals surface area contributed by atoms with Crippen LogP contribution in [0.5, 0.6) is 0 Å². The molecule has 2 saturated heterocycles. The smallest absolute Gasteiger partial charge is 0.242 e. The van der Waals surface area contributed by atoms with Crippen LogP contribution < -0.4 is 4.90 Å². The molecular formula is C18H23ClN2O4. The third kappa shape index (κ3) is 3.97. The molecule has 0 aliphatic carbocycles. The summed E-state index contributed by atoms with van der Waals surface area (Å²) in [6, 6.07) is 5.29. The summed E-state index contributed by atoms with van der Waals surface area (Å²) in [7, 11) is 0. The van der Waals surface area contributed by atoms with Crippen molar-refractivity contribution in [3.63, 3.8) is 0 Å². The number of piperidine rings is 1. The number of halogens is 1. The predicted octanol–water partition coefficient (Wildman–Crippen LogP) is 2.37. The Bertz CT molecular complexity index is 663. The Morgan fingerprint density at radius 2 is 1.88 bits per heavy atom. The van der Waals surface area contributed by atoms with Gasteiger partial charge < -0.3 is 19.3 Å². The van der Waals surface area contributed by atoms with Crippen molar-refractivity contribution in [1.82, 2.24) is 4.90 Å². The Morgan fingerprint density at radius 1 is 1.24 bits per heavy atom. The van der Waals surface area contributed by atoms with Gasteiger partial charge in [-0.1, -0.05) is 11.6 Å². The molecular weight excluding hydrogens is 344 g/mol. The Morgan fingerprint density at radius 3 is 2.44 bits per heavy atom. The van der Waals surface area contributed by atoms with Crippen LogP contribution in [-0.2, 0) is 19.1 Å². The molecule has 1 aromatic carbocycles. The van der Waals surface area contributed by atoms with Gasteiger partial charge in [0.05, 0.1) is 13.2 Å². The van der Waals surface area contributed by atoms with Crippen molar-refractivity contribution in [2.24, 2.45) is 0 Å². The van der Waals surface area contributed by atoms with Crippen molar-refractivity contribution in [1.29, 1.82) is 0 Å². The van der Waals surface area contributed by atoms with Crippen molar-refractivity contribution in [2.45, 2.75) is 32.5 Å². The third-order valence-electron chi connectivity index (χ3n) is 4.81. The fourth-order valence-corrected chi connectivity index (χ4v) is 3.63. The Kier molecular flexibility index (Phi) is 5.32. The van der Waals surface area contributed by atoms with E-state index < -0.39 is 5.79 Å². The number of carbonyl (C=O) groups is 2. The molecule has 25 heavy (non-hydrogen) atoms. The maximum Gasteiger partial charge on any atom is 0.242 e. The molecule has 0 aromatic heterocycles. The van der Waals surface area contributed by atoms with Gasteiger partial charge in [0.15, 0.2) is 5.79 Å². The van der Waals surface area contributed by atoms with E-state index in [4.69, 9.17) is 21.1 Å². The minimum Gasteiger partial charge on any atom is -0.347 e. The number of rotatable bonds is 3. The van der Waals surface area contributed by atoms with E-state index in [0.717, 1.165) is 5.56 Å². The lowest BCUT2D eigenvalue weighted by Gasteiger charge is -2.38. The van der Waals surface area contributed by atoms with Crippen LogP contribution in [0.2, 0.25) is 5.02 Å². The second kappa shape index (κ2) is 7.32. The topological polar surface area (TPSA) is 59.1 Å². The van der Waals surface area contributed by atoms with Crippen LogP contribution in [0.25, 0.3) is 0 Å². The van der Waals surface area contributed by atoms with E-state index in [2.05, 4.69) is 0 Å². The van der Waals surface area contributed by atoms with Gasteiger partial charge in [-0.25, -0.2) is 0 Å². The molecule has 7 heteroatoms. The second-order valence-corrected chi connectivity index (χ2v) is 6.96. The summed E-state index contributed by atoms with van der Waals surface area (Å²) < 4.78 is 11.4. The van der Waals surface area contributed by atoms with Crippen molar-refractivity contribution in [2.75, 3.05) is 37.7 Å². The number of ether oxygens (including phenoxy) is 2. The molecule has 2 heterocycles. The van der Waals surface area contributed by atoms with Crippen LogP contribution in [0.15, 0.2) is 18.2 Å². The monoisotopic (exact) mass is 366 g/mol. The first-order valence-electron chi connectivity index (χ1n) is 8.50. The maximum atomic E-state index is 12.7. The molecule has 0 saturated carbocycles. The lowest BCUT2D eigenvalue weighted by atomic mass is 10.0. The number of benzene rings is 1. The molecule has 1 aromatic rings. The highest BCUT2D eigenvalue weighted by molar-refractivity contribution is 6.30. The zero-order valence-corrected chi connectivity index (χ0v) is 15.3. The van der Waals surface area contributed by atoms with Gasteiger partial charge in [-0.2, -0.15) is 0 Å². The fourth-order valence-electron chi connectivity index (χ4n) is 3.41. The van der Waals surface area contributed by atoms with Crippen LogP contribution in [0.1, 0.15) is 25.3 Å². The van der Waals surface area contributed by atoms with E-state index in [0.29, 0.717) is 49.9 Å². The number of likely N-dealkylation sites (tertiary alicyclic amines) is 1. The largest absolute Gasteiger partial charge is 0.347 e. The SMILES string of the molecule is CC(=O)N(CC(=O)N1CCC2(CC1)OCCO2)c1ccc(Cl)cc1C. The van der Waals surface area contributed by atoms with Gasteiger partial charge in [-0.05, 0) is 30.7 Å². The first-order chi connectivity index (χ1) is 11.9. The number of amides is 2. The highest BCUT2D eigenvalue weighted by atomic mass is 35.5. The van der Waals surface area contributed by atoms with E-state index in [1.54, 1.807) is 23.1 Å². The lowest BCUT2D eigenvalue weighted by molar-refractivity contribution is -0.187. The molecule has 2 aliphatic heterocycles. The minimum atomic E-state index is -0.510. The van der Waals surface area contributed by atoms with Gasteiger partial charge in [0, 0.05) is 43.6 Å². The molecule has 0 N–H and O–H groups in total. The standard InChI is InChI=1S/C18H23ClN2O4/c1-13-11-15(19)3-4-16(13)21(14(2)22)12-17(23)20-7-5-18(6-8-20)24-9-10-25-18/h3-4,11H,5-10,12H2,1-2H3. The van der Waals surface area contributed by atoms with E-state index >= 15 is 0 Å². The van der Waals surface area contributed by atoms with Crippen LogP contribution in [0.3, 0.4) is 0 Å². The quantitative estimate of drug-likeness (QED) is 0.824. The fraction of sp³-hybridized carbons (Fsp3) is 0.556. The van der Waals surface area contributed by atoms with Crippen molar-refractivity contribution >= 4 is 29.1 Å². The Balaban J connectivity index is 1.66. The first kappa shape index (κ1) is 18.2. The molecule has 6 nitrogen and oxygen atoms in total. The van der Waals surface area contributed by atoms with Crippen molar-refractivity contribution < 1.29 is 19.1 Å². The first-order valence-corrected chi connectivity index (χ1v) is 8.88. The molecule has 1 spiro atoms. The highest BCUT2D eigenvalue weighted by Gasteiger charge is 2.41. The molecule has 2 aliphatic rings. The predicted molar refractivity (Wildman–Crippen MR) is 94.7 cm³/mol. The molecule has 0 radical (unpaired) electrons. The summed E-state index contributed by atoms with van der Waals surface area (Å²) in [6.45, 7) is 5.73. The van der Waals surface area contributed by atoms with Crippen LogP contribution in [0, 0.1) is 6.92 Å². The van der Waals surface area contributed by atoms with E-state index in [1.807, 2.05) is 6.92 Å². The molecule has 3 rings (SSSR count). The van der Waals surface area contributed by atoms with Crippen LogP contribution in [-0.4, -0.2) is 55.3 Å². The zero-order chi connectivity index (χ0) is 18.0. The van der Waals surface area contributed by atoms with Gasteiger partial charge in [0.1, 0.15) is 6.54 Å². The van der Waals surface area contributed by atoms with Crippen molar-refractivity contribution in [3.8, 4) is 0 Å². The molecule has 136 valence electrons. The van der Waals surface area contributed by atoms with Crippen LogP contribution >= 0.6 is 11.6 Å². The van der Waals surface area contributed by atoms with Crippen LogP contribution in [0.4, 0.5) is 5.69 Å². The van der Waals surface area contributed by atoms with E-state index in [9.17, 15) is 9.59 Å². The van der Waals surface area contributed by atoms with Gasteiger partial charge >= 0.3 is 0 Å². The van der Waals surface area contributed by atoms with Gasteiger partial charge in [0.25, 0.3) is 0 Å².